The number of fused-ring (bicyclic) bond motifs is 2. The second-order valence-corrected chi connectivity index (χ2v) is 5.40. The molecule has 0 atom stereocenters. The van der Waals surface area contributed by atoms with Gasteiger partial charge in [0.1, 0.15) is 0 Å². The average molecular weight is 260 g/mol. The van der Waals surface area contributed by atoms with Gasteiger partial charge in [0.2, 0.25) is 0 Å². The first kappa shape index (κ1) is 11.4. The zero-order chi connectivity index (χ0) is 13.5. The van der Waals surface area contributed by atoms with Gasteiger partial charge in [-0.1, -0.05) is 29.8 Å². The molecule has 4 aromatic rings. The van der Waals surface area contributed by atoms with Crippen molar-refractivity contribution in [3.05, 3.63) is 71.5 Å². The van der Waals surface area contributed by atoms with E-state index in [1.165, 1.54) is 38.5 Å². The lowest BCUT2D eigenvalue weighted by Gasteiger charge is -2.00. The molecule has 2 heteroatoms. The quantitative estimate of drug-likeness (QED) is 0.530. The molecule has 0 aliphatic carbocycles. The molecule has 98 valence electrons. The van der Waals surface area contributed by atoms with E-state index in [0.29, 0.717) is 0 Å². The normalized spacial score (nSPS) is 11.4. The molecule has 0 spiro atoms. The molecule has 0 fully saturated rings. The van der Waals surface area contributed by atoms with Gasteiger partial charge in [-0.15, -0.1) is 0 Å². The second kappa shape index (κ2) is 4.27. The highest BCUT2D eigenvalue weighted by molar-refractivity contribution is 5.87. The van der Waals surface area contributed by atoms with E-state index < -0.39 is 0 Å². The van der Waals surface area contributed by atoms with E-state index >= 15 is 0 Å². The summed E-state index contributed by atoms with van der Waals surface area (Å²) < 4.78 is 0. The van der Waals surface area contributed by atoms with Crippen LogP contribution in [0.1, 0.15) is 16.7 Å². The summed E-state index contributed by atoms with van der Waals surface area (Å²) in [6.45, 7) is 2.14. The third kappa shape index (κ3) is 1.73. The molecule has 2 aromatic carbocycles. The van der Waals surface area contributed by atoms with Gasteiger partial charge in [0.25, 0.3) is 0 Å². The Morgan fingerprint density at radius 3 is 2.35 bits per heavy atom. The molecule has 2 nitrogen and oxygen atoms in total. The van der Waals surface area contributed by atoms with Gasteiger partial charge in [0, 0.05) is 40.6 Å². The van der Waals surface area contributed by atoms with Crippen LogP contribution in [-0.2, 0) is 6.42 Å². The van der Waals surface area contributed by atoms with Gasteiger partial charge in [-0.2, -0.15) is 0 Å². The molecule has 0 unspecified atom stereocenters. The van der Waals surface area contributed by atoms with Crippen molar-refractivity contribution in [1.82, 2.24) is 9.97 Å². The largest absolute Gasteiger partial charge is 0.361 e. The van der Waals surface area contributed by atoms with Crippen molar-refractivity contribution in [2.24, 2.45) is 0 Å². The minimum absolute atomic E-state index is 0.952. The summed E-state index contributed by atoms with van der Waals surface area (Å²) in [6, 6.07) is 15.0. The van der Waals surface area contributed by atoms with Crippen LogP contribution in [0.2, 0.25) is 0 Å². The zero-order valence-electron chi connectivity index (χ0n) is 11.4. The first-order valence-corrected chi connectivity index (χ1v) is 6.93. The van der Waals surface area contributed by atoms with Gasteiger partial charge in [-0.05, 0) is 36.2 Å². The summed E-state index contributed by atoms with van der Waals surface area (Å²) in [5, 5.41) is 2.64. The number of benzene rings is 2. The van der Waals surface area contributed by atoms with Crippen LogP contribution in [-0.4, -0.2) is 9.97 Å². The van der Waals surface area contributed by atoms with Crippen molar-refractivity contribution in [2.75, 3.05) is 0 Å². The van der Waals surface area contributed by atoms with E-state index in [2.05, 4.69) is 71.7 Å². The zero-order valence-corrected chi connectivity index (χ0v) is 11.4. The molecule has 0 amide bonds. The van der Waals surface area contributed by atoms with E-state index in [-0.39, 0.29) is 0 Å². The van der Waals surface area contributed by atoms with E-state index in [0.717, 1.165) is 6.42 Å². The maximum Gasteiger partial charge on any atom is 0.0457 e. The Balaban J connectivity index is 1.82. The molecule has 2 aromatic heterocycles. The van der Waals surface area contributed by atoms with E-state index in [9.17, 15) is 0 Å². The van der Waals surface area contributed by atoms with Gasteiger partial charge >= 0.3 is 0 Å². The summed E-state index contributed by atoms with van der Waals surface area (Å²) in [4.78, 5) is 6.72. The Labute approximate surface area is 117 Å². The Bertz CT molecular complexity index is 896. The fourth-order valence-corrected chi connectivity index (χ4v) is 2.92. The minimum Gasteiger partial charge on any atom is -0.361 e. The van der Waals surface area contributed by atoms with Gasteiger partial charge in [0.15, 0.2) is 0 Å². The average Bonchev–Trinajstić information content (AvgIpc) is 3.05. The Hall–Kier alpha value is -2.48. The molecule has 0 aliphatic heterocycles. The minimum atomic E-state index is 0.952. The molecule has 0 saturated carbocycles. The third-order valence-electron chi connectivity index (χ3n) is 3.98. The number of aryl methyl sites for hydroxylation is 1. The lowest BCUT2D eigenvalue weighted by Crippen LogP contribution is -1.85. The number of aromatic amines is 2. The smallest absolute Gasteiger partial charge is 0.0457 e. The number of aromatic nitrogens is 2. The highest BCUT2D eigenvalue weighted by Gasteiger charge is 2.08. The summed E-state index contributed by atoms with van der Waals surface area (Å²) in [5.41, 5.74) is 6.43. The van der Waals surface area contributed by atoms with Crippen LogP contribution in [0.4, 0.5) is 0 Å². The van der Waals surface area contributed by atoms with Crippen LogP contribution in [0.25, 0.3) is 21.8 Å². The first-order valence-electron chi connectivity index (χ1n) is 6.93. The van der Waals surface area contributed by atoms with Gasteiger partial charge in [0.05, 0.1) is 0 Å². The van der Waals surface area contributed by atoms with E-state index in [1.54, 1.807) is 0 Å². The Morgan fingerprint density at radius 1 is 0.800 bits per heavy atom. The SMILES string of the molecule is Cc1ccc2[nH]cc(Cc3c[nH]c4ccccc34)c2c1. The van der Waals surface area contributed by atoms with E-state index in [1.807, 2.05) is 0 Å². The van der Waals surface area contributed by atoms with Gasteiger partial charge in [-0.25, -0.2) is 0 Å². The number of rotatable bonds is 2. The molecular formula is C18H16N2. The van der Waals surface area contributed by atoms with Gasteiger partial charge in [-0.3, -0.25) is 0 Å². The molecule has 0 radical (unpaired) electrons. The number of hydrogen-bond acceptors (Lipinski definition) is 0. The van der Waals surface area contributed by atoms with Crippen LogP contribution in [0.3, 0.4) is 0 Å². The predicted octanol–water partition coefficient (Wildman–Crippen LogP) is 4.55. The summed E-state index contributed by atoms with van der Waals surface area (Å²) in [7, 11) is 0. The molecule has 2 heterocycles. The Kier molecular flexibility index (Phi) is 2.43. The standard InChI is InChI=1S/C18H16N2/c1-12-6-7-18-16(8-12)14(11-20-18)9-13-10-19-17-5-3-2-4-15(13)17/h2-8,10-11,19-20H,9H2,1H3. The first-order chi connectivity index (χ1) is 9.81. The van der Waals surface area contributed by atoms with Crippen LogP contribution >= 0.6 is 0 Å². The van der Waals surface area contributed by atoms with Crippen LogP contribution in [0, 0.1) is 6.92 Å². The molecule has 20 heavy (non-hydrogen) atoms. The lowest BCUT2D eigenvalue weighted by atomic mass is 10.0. The predicted molar refractivity (Wildman–Crippen MR) is 84.1 cm³/mol. The second-order valence-electron chi connectivity index (χ2n) is 5.40. The monoisotopic (exact) mass is 260 g/mol. The van der Waals surface area contributed by atoms with Crippen molar-refractivity contribution in [3.63, 3.8) is 0 Å². The Morgan fingerprint density at radius 2 is 1.50 bits per heavy atom. The molecule has 0 aliphatic rings. The highest BCUT2D eigenvalue weighted by atomic mass is 14.7. The van der Waals surface area contributed by atoms with Crippen molar-refractivity contribution >= 4 is 21.8 Å². The molecule has 2 N–H and O–H groups in total. The summed E-state index contributed by atoms with van der Waals surface area (Å²) in [5.74, 6) is 0. The number of nitrogens with one attached hydrogen (secondary N) is 2. The number of H-pyrrole nitrogens is 2. The van der Waals surface area contributed by atoms with Crippen molar-refractivity contribution in [3.8, 4) is 0 Å². The van der Waals surface area contributed by atoms with Crippen molar-refractivity contribution < 1.29 is 0 Å². The number of hydrogen-bond donors (Lipinski definition) is 2. The summed E-state index contributed by atoms with van der Waals surface area (Å²) >= 11 is 0. The fraction of sp³-hybridized carbons (Fsp3) is 0.111. The van der Waals surface area contributed by atoms with Crippen molar-refractivity contribution in [2.45, 2.75) is 13.3 Å². The van der Waals surface area contributed by atoms with Crippen LogP contribution < -0.4 is 0 Å². The fourth-order valence-electron chi connectivity index (χ4n) is 2.92. The van der Waals surface area contributed by atoms with Crippen molar-refractivity contribution in [1.29, 1.82) is 0 Å². The third-order valence-corrected chi connectivity index (χ3v) is 3.98. The maximum absolute atomic E-state index is 3.37. The van der Waals surface area contributed by atoms with Crippen LogP contribution in [0.15, 0.2) is 54.9 Å². The topological polar surface area (TPSA) is 31.6 Å². The number of para-hydroxylation sites is 1. The summed E-state index contributed by atoms with van der Waals surface area (Å²) in [6.07, 6.45) is 5.21. The molecular weight excluding hydrogens is 244 g/mol. The maximum atomic E-state index is 3.37. The molecule has 0 saturated heterocycles. The van der Waals surface area contributed by atoms with E-state index in [4.69, 9.17) is 0 Å². The molecule has 4 rings (SSSR count). The van der Waals surface area contributed by atoms with Gasteiger partial charge < -0.3 is 9.97 Å². The highest BCUT2D eigenvalue weighted by Crippen LogP contribution is 2.25. The molecule has 0 bridgehead atoms. The lowest BCUT2D eigenvalue weighted by molar-refractivity contribution is 1.22. The van der Waals surface area contributed by atoms with Crippen LogP contribution in [0.5, 0.6) is 0 Å².